The fourth-order valence-electron chi connectivity index (χ4n) is 4.71. The molecule has 9 heteroatoms. The molecule has 206 valence electrons. The standard InChI is InChI=1S/C31H30N2O4S3/c1-2-37-31(36)26-23-15-7-4-8-16-24(23)40-30(26)33-29(35)27(20-11-5-3-6-12-20)39-22-14-9-13-21(19-22)32-28(34)25-17-10-18-38-25/h3,5-6,9-14,17-19,27H,2,4,7-8,15-16H2,1H3,(H,32,34)(H,33,35). The normalized spacial score (nSPS) is 13.5. The average Bonchev–Trinajstić information content (AvgIpc) is 3.56. The second-order valence-electron chi connectivity index (χ2n) is 9.35. The molecule has 6 nitrogen and oxygen atoms in total. The van der Waals surface area contributed by atoms with Crippen LogP contribution in [0.3, 0.4) is 0 Å². The van der Waals surface area contributed by atoms with Gasteiger partial charge in [0.2, 0.25) is 5.91 Å². The monoisotopic (exact) mass is 590 g/mol. The van der Waals surface area contributed by atoms with Crippen LogP contribution in [0, 0.1) is 0 Å². The summed E-state index contributed by atoms with van der Waals surface area (Å²) in [4.78, 5) is 42.1. The number of hydrogen-bond acceptors (Lipinski definition) is 7. The highest BCUT2D eigenvalue weighted by molar-refractivity contribution is 8.00. The third-order valence-corrected chi connectivity index (χ3v) is 9.89. The second-order valence-corrected chi connectivity index (χ2v) is 12.6. The molecule has 2 N–H and O–H groups in total. The van der Waals surface area contributed by atoms with Crippen molar-refractivity contribution in [2.45, 2.75) is 49.2 Å². The summed E-state index contributed by atoms with van der Waals surface area (Å²) in [6, 6.07) is 20.7. The van der Waals surface area contributed by atoms with Crippen LogP contribution >= 0.6 is 34.4 Å². The summed E-state index contributed by atoms with van der Waals surface area (Å²) in [6.07, 6.45) is 4.95. The van der Waals surface area contributed by atoms with E-state index in [-0.39, 0.29) is 24.4 Å². The van der Waals surface area contributed by atoms with Gasteiger partial charge in [0.1, 0.15) is 10.3 Å². The van der Waals surface area contributed by atoms with E-state index < -0.39 is 5.25 Å². The second kappa shape index (κ2) is 13.3. The van der Waals surface area contributed by atoms with Crippen molar-refractivity contribution in [2.24, 2.45) is 0 Å². The highest BCUT2D eigenvalue weighted by atomic mass is 32.2. The van der Waals surface area contributed by atoms with E-state index in [1.54, 1.807) is 13.0 Å². The van der Waals surface area contributed by atoms with Gasteiger partial charge in [-0.3, -0.25) is 9.59 Å². The first-order chi connectivity index (χ1) is 19.5. The third-order valence-electron chi connectivity index (χ3n) is 6.57. The molecule has 0 radical (unpaired) electrons. The van der Waals surface area contributed by atoms with Gasteiger partial charge in [-0.25, -0.2) is 4.79 Å². The van der Waals surface area contributed by atoms with Crippen LogP contribution in [0.1, 0.15) is 67.5 Å². The number of rotatable bonds is 9. The predicted molar refractivity (Wildman–Crippen MR) is 164 cm³/mol. The van der Waals surface area contributed by atoms with Gasteiger partial charge in [0, 0.05) is 15.5 Å². The number of fused-ring (bicyclic) bond motifs is 1. The number of nitrogens with one attached hydrogen (secondary N) is 2. The van der Waals surface area contributed by atoms with Crippen LogP contribution in [0.4, 0.5) is 10.7 Å². The molecule has 40 heavy (non-hydrogen) atoms. The van der Waals surface area contributed by atoms with Crippen LogP contribution in [-0.2, 0) is 22.4 Å². The summed E-state index contributed by atoms with van der Waals surface area (Å²) < 4.78 is 5.41. The van der Waals surface area contributed by atoms with Crippen molar-refractivity contribution < 1.29 is 19.1 Å². The van der Waals surface area contributed by atoms with E-state index in [0.717, 1.165) is 53.0 Å². The van der Waals surface area contributed by atoms with Crippen molar-refractivity contribution in [3.63, 3.8) is 0 Å². The Labute approximate surface area is 246 Å². The molecule has 0 fully saturated rings. The number of esters is 1. The van der Waals surface area contributed by atoms with Crippen molar-refractivity contribution in [2.75, 3.05) is 17.2 Å². The van der Waals surface area contributed by atoms with Crippen molar-refractivity contribution in [3.05, 3.63) is 98.6 Å². The lowest BCUT2D eigenvalue weighted by Crippen LogP contribution is -2.20. The molecule has 1 atom stereocenters. The van der Waals surface area contributed by atoms with E-state index >= 15 is 0 Å². The molecule has 0 saturated carbocycles. The third kappa shape index (κ3) is 6.66. The van der Waals surface area contributed by atoms with E-state index in [2.05, 4.69) is 10.6 Å². The van der Waals surface area contributed by atoms with Gasteiger partial charge in [-0.05, 0) is 73.4 Å². The van der Waals surface area contributed by atoms with E-state index in [1.807, 2.05) is 66.0 Å². The number of carbonyl (C=O) groups is 3. The van der Waals surface area contributed by atoms with Crippen LogP contribution in [0.25, 0.3) is 0 Å². The maximum Gasteiger partial charge on any atom is 0.341 e. The predicted octanol–water partition coefficient (Wildman–Crippen LogP) is 7.98. The molecule has 0 bridgehead atoms. The molecule has 4 aromatic rings. The SMILES string of the molecule is CCOC(=O)c1c(NC(=O)C(Sc2cccc(NC(=O)c3cccs3)c2)c2ccccc2)sc2c1CCCCC2. The Kier molecular flexibility index (Phi) is 9.36. The molecule has 0 spiro atoms. The van der Waals surface area contributed by atoms with Gasteiger partial charge in [0.25, 0.3) is 5.91 Å². The fourth-order valence-corrected chi connectivity index (χ4v) is 7.69. The van der Waals surface area contributed by atoms with Gasteiger partial charge in [-0.1, -0.05) is 48.9 Å². The molecular formula is C31H30N2O4S3. The lowest BCUT2D eigenvalue weighted by Gasteiger charge is -2.18. The Morgan fingerprint density at radius 2 is 1.77 bits per heavy atom. The maximum absolute atomic E-state index is 13.9. The first-order valence-electron chi connectivity index (χ1n) is 13.3. The molecular weight excluding hydrogens is 561 g/mol. The van der Waals surface area contributed by atoms with Gasteiger partial charge in [-0.15, -0.1) is 34.4 Å². The molecule has 1 aliphatic rings. The zero-order chi connectivity index (χ0) is 27.9. The van der Waals surface area contributed by atoms with E-state index in [1.165, 1.54) is 34.4 Å². The quantitative estimate of drug-likeness (QED) is 0.117. The summed E-state index contributed by atoms with van der Waals surface area (Å²) in [6.45, 7) is 2.07. The molecule has 1 unspecified atom stereocenters. The lowest BCUT2D eigenvalue weighted by molar-refractivity contribution is -0.115. The fraction of sp³-hybridized carbons (Fsp3) is 0.258. The zero-order valence-corrected chi connectivity index (χ0v) is 24.6. The van der Waals surface area contributed by atoms with Gasteiger partial charge in [0.05, 0.1) is 17.0 Å². The topological polar surface area (TPSA) is 84.5 Å². The minimum absolute atomic E-state index is 0.168. The smallest absolute Gasteiger partial charge is 0.341 e. The summed E-state index contributed by atoms with van der Waals surface area (Å²) >= 11 is 4.28. The summed E-state index contributed by atoms with van der Waals surface area (Å²) in [5, 5.41) is 7.89. The molecule has 2 amide bonds. The molecule has 2 aromatic carbocycles. The Hall–Kier alpha value is -3.40. The van der Waals surface area contributed by atoms with Crippen LogP contribution in [0.5, 0.6) is 0 Å². The minimum Gasteiger partial charge on any atom is -0.462 e. The number of thioether (sulfide) groups is 1. The Morgan fingerprint density at radius 1 is 0.950 bits per heavy atom. The van der Waals surface area contributed by atoms with Crippen LogP contribution in [0.15, 0.2) is 77.0 Å². The van der Waals surface area contributed by atoms with Gasteiger partial charge in [-0.2, -0.15) is 0 Å². The Morgan fingerprint density at radius 3 is 2.55 bits per heavy atom. The molecule has 5 rings (SSSR count). The highest BCUT2D eigenvalue weighted by Gasteiger charge is 2.29. The number of anilines is 2. The van der Waals surface area contributed by atoms with E-state index in [0.29, 0.717) is 21.1 Å². The molecule has 0 aliphatic heterocycles. The Bertz CT molecular complexity index is 1480. The van der Waals surface area contributed by atoms with Crippen molar-refractivity contribution in [3.8, 4) is 0 Å². The maximum atomic E-state index is 13.9. The van der Waals surface area contributed by atoms with Gasteiger partial charge in [0.15, 0.2) is 0 Å². The van der Waals surface area contributed by atoms with Crippen molar-refractivity contribution in [1.82, 2.24) is 0 Å². The number of carbonyl (C=O) groups excluding carboxylic acids is 3. The number of thiophene rings is 2. The number of aryl methyl sites for hydroxylation is 1. The number of hydrogen-bond donors (Lipinski definition) is 2. The van der Waals surface area contributed by atoms with E-state index in [4.69, 9.17) is 4.74 Å². The minimum atomic E-state index is -0.582. The first-order valence-corrected chi connectivity index (χ1v) is 15.9. The number of amides is 2. The average molecular weight is 591 g/mol. The van der Waals surface area contributed by atoms with Crippen molar-refractivity contribution >= 4 is 62.9 Å². The van der Waals surface area contributed by atoms with Gasteiger partial charge >= 0.3 is 5.97 Å². The summed E-state index contributed by atoms with van der Waals surface area (Å²) in [7, 11) is 0. The van der Waals surface area contributed by atoms with Gasteiger partial charge < -0.3 is 15.4 Å². The number of benzene rings is 2. The molecule has 1 aliphatic carbocycles. The molecule has 0 saturated heterocycles. The highest BCUT2D eigenvalue weighted by Crippen LogP contribution is 2.41. The van der Waals surface area contributed by atoms with Crippen molar-refractivity contribution in [1.29, 1.82) is 0 Å². The van der Waals surface area contributed by atoms with Crippen LogP contribution in [-0.4, -0.2) is 24.4 Å². The Balaban J connectivity index is 1.41. The van der Waals surface area contributed by atoms with Crippen LogP contribution < -0.4 is 10.6 Å². The first kappa shape index (κ1) is 28.1. The van der Waals surface area contributed by atoms with E-state index in [9.17, 15) is 14.4 Å². The summed E-state index contributed by atoms with van der Waals surface area (Å²) in [5.41, 5.74) is 3.03. The number of ether oxygens (including phenoxy) is 1. The zero-order valence-electron chi connectivity index (χ0n) is 22.1. The van der Waals surface area contributed by atoms with Crippen LogP contribution in [0.2, 0.25) is 0 Å². The molecule has 2 aromatic heterocycles. The molecule has 2 heterocycles. The summed E-state index contributed by atoms with van der Waals surface area (Å²) in [5.74, 6) is -0.764. The lowest BCUT2D eigenvalue weighted by atomic mass is 10.1. The largest absolute Gasteiger partial charge is 0.462 e.